The van der Waals surface area contributed by atoms with Gasteiger partial charge in [-0.1, -0.05) is 74.5 Å². The standard InChI is InChI=1S/C39H72O4Si2/c1-15-41-36(40)20-16-18-28(2)33-23-24-34-30(19-17-25-39(33,34)10)21-22-31-26-32(42-44(11,12)37(4,5)6)27-35(29(31)3)43-45(13,14)38(7,8)9/h22,28,30,32-35H,3,15-21,23-27H2,1-2,4-14H3/b31-22-/t28-,30+,32-,33-,34+,35+,39-/m1/s1. The Balaban J connectivity index is 1.77. The molecule has 0 spiro atoms. The van der Waals surface area contributed by atoms with Crippen molar-refractivity contribution in [2.75, 3.05) is 6.61 Å². The van der Waals surface area contributed by atoms with Crippen LogP contribution in [0.15, 0.2) is 23.8 Å². The number of hydrogen-bond acceptors (Lipinski definition) is 4. The van der Waals surface area contributed by atoms with E-state index in [1.165, 1.54) is 43.3 Å². The summed E-state index contributed by atoms with van der Waals surface area (Å²) < 4.78 is 19.4. The monoisotopic (exact) mass is 660 g/mol. The van der Waals surface area contributed by atoms with E-state index in [9.17, 15) is 4.79 Å². The average molecular weight is 661 g/mol. The van der Waals surface area contributed by atoms with E-state index in [1.807, 2.05) is 6.92 Å². The largest absolute Gasteiger partial charge is 0.466 e. The number of allylic oxidation sites excluding steroid dienone is 1. The van der Waals surface area contributed by atoms with Crippen LogP contribution in [-0.4, -0.2) is 41.4 Å². The van der Waals surface area contributed by atoms with Crippen LogP contribution in [0.2, 0.25) is 36.3 Å². The molecule has 260 valence electrons. The van der Waals surface area contributed by atoms with Gasteiger partial charge < -0.3 is 13.6 Å². The van der Waals surface area contributed by atoms with Crippen LogP contribution >= 0.6 is 0 Å². The number of ether oxygens (including phenoxy) is 1. The van der Waals surface area contributed by atoms with Gasteiger partial charge in [0.15, 0.2) is 16.6 Å². The van der Waals surface area contributed by atoms with Gasteiger partial charge >= 0.3 is 5.97 Å². The minimum Gasteiger partial charge on any atom is -0.466 e. The van der Waals surface area contributed by atoms with Crippen LogP contribution in [0.1, 0.15) is 133 Å². The Labute approximate surface area is 281 Å². The molecule has 0 N–H and O–H groups in total. The molecule has 0 bridgehead atoms. The van der Waals surface area contributed by atoms with Crippen molar-refractivity contribution in [1.82, 2.24) is 0 Å². The third-order valence-corrected chi connectivity index (χ3v) is 22.3. The van der Waals surface area contributed by atoms with Crippen LogP contribution < -0.4 is 0 Å². The summed E-state index contributed by atoms with van der Waals surface area (Å²) in [7, 11) is -3.89. The lowest BCUT2D eigenvalue weighted by Gasteiger charge is -2.47. The van der Waals surface area contributed by atoms with Gasteiger partial charge in [-0.3, -0.25) is 4.79 Å². The van der Waals surface area contributed by atoms with Gasteiger partial charge in [0, 0.05) is 12.8 Å². The molecule has 3 saturated carbocycles. The van der Waals surface area contributed by atoms with Gasteiger partial charge in [0.1, 0.15) is 0 Å². The molecule has 7 atom stereocenters. The van der Waals surface area contributed by atoms with Gasteiger partial charge in [0.25, 0.3) is 0 Å². The number of fused-ring (bicyclic) bond motifs is 1. The van der Waals surface area contributed by atoms with E-state index in [2.05, 4.69) is 87.7 Å². The molecule has 45 heavy (non-hydrogen) atoms. The van der Waals surface area contributed by atoms with Crippen LogP contribution in [-0.2, 0) is 18.4 Å². The highest BCUT2D eigenvalue weighted by molar-refractivity contribution is 6.74. The van der Waals surface area contributed by atoms with E-state index < -0.39 is 16.6 Å². The van der Waals surface area contributed by atoms with Gasteiger partial charge in [-0.05, 0) is 135 Å². The molecule has 3 fully saturated rings. The van der Waals surface area contributed by atoms with E-state index in [-0.39, 0.29) is 28.3 Å². The predicted molar refractivity (Wildman–Crippen MR) is 197 cm³/mol. The Kier molecular flexibility index (Phi) is 12.8. The fourth-order valence-corrected chi connectivity index (χ4v) is 11.2. The van der Waals surface area contributed by atoms with Gasteiger partial charge in [-0.15, -0.1) is 0 Å². The maximum Gasteiger partial charge on any atom is 0.305 e. The highest BCUT2D eigenvalue weighted by Gasteiger charge is 2.52. The summed E-state index contributed by atoms with van der Waals surface area (Å²) >= 11 is 0. The summed E-state index contributed by atoms with van der Waals surface area (Å²) in [5, 5.41) is 0.342. The zero-order chi connectivity index (χ0) is 34.0. The van der Waals surface area contributed by atoms with Crippen LogP contribution in [0.3, 0.4) is 0 Å². The quantitative estimate of drug-likeness (QED) is 0.154. The summed E-state index contributed by atoms with van der Waals surface area (Å²) in [6.07, 6.45) is 15.2. The second kappa shape index (κ2) is 14.8. The molecule has 3 aliphatic carbocycles. The molecule has 0 aromatic carbocycles. The number of hydrogen-bond donors (Lipinski definition) is 0. The minimum atomic E-state index is -1.97. The third-order valence-electron chi connectivity index (χ3n) is 13.3. The molecule has 0 aromatic rings. The van der Waals surface area contributed by atoms with Crippen LogP contribution in [0.5, 0.6) is 0 Å². The minimum absolute atomic E-state index is 0.0378. The fourth-order valence-electron chi connectivity index (χ4n) is 8.49. The van der Waals surface area contributed by atoms with Crippen molar-refractivity contribution in [3.05, 3.63) is 23.8 Å². The van der Waals surface area contributed by atoms with E-state index in [0.717, 1.165) is 49.9 Å². The van der Waals surface area contributed by atoms with Crippen molar-refractivity contribution in [2.45, 2.75) is 181 Å². The number of carbonyl (C=O) groups excluding carboxylic acids is 1. The molecule has 0 heterocycles. The molecular formula is C39H72O4Si2. The Bertz CT molecular complexity index is 1050. The maximum absolute atomic E-state index is 11.9. The van der Waals surface area contributed by atoms with E-state index >= 15 is 0 Å². The predicted octanol–water partition coefficient (Wildman–Crippen LogP) is 11.6. The smallest absolute Gasteiger partial charge is 0.305 e. The van der Waals surface area contributed by atoms with Gasteiger partial charge in [-0.25, -0.2) is 0 Å². The van der Waals surface area contributed by atoms with E-state index in [1.54, 1.807) is 0 Å². The lowest BCUT2D eigenvalue weighted by molar-refractivity contribution is -0.143. The van der Waals surface area contributed by atoms with Crippen molar-refractivity contribution in [3.8, 4) is 0 Å². The van der Waals surface area contributed by atoms with Crippen molar-refractivity contribution >= 4 is 22.6 Å². The molecular weight excluding hydrogens is 589 g/mol. The summed E-state index contributed by atoms with van der Waals surface area (Å²) in [5.74, 6) is 2.91. The van der Waals surface area contributed by atoms with Gasteiger partial charge in [-0.2, -0.15) is 0 Å². The molecule has 0 saturated heterocycles. The SMILES string of the molecule is C=C1/C(=C\C[C@@H]2CCC[C@]3(C)[C@@H]([C@H](C)CCCC(=O)OCC)CC[C@@H]23)C[C@@H](O[Si](C)(C)C(C)(C)C)C[C@@H]1O[Si](C)(C)C(C)(C)C. The first-order valence-electron chi connectivity index (χ1n) is 18.5. The van der Waals surface area contributed by atoms with Crippen molar-refractivity contribution in [3.63, 3.8) is 0 Å². The average Bonchev–Trinajstić information content (AvgIpc) is 3.25. The molecule has 3 rings (SSSR count). The van der Waals surface area contributed by atoms with Crippen LogP contribution in [0.25, 0.3) is 0 Å². The molecule has 0 aromatic heterocycles. The Hall–Kier alpha value is -0.696. The van der Waals surface area contributed by atoms with E-state index in [4.69, 9.17) is 20.2 Å². The molecule has 0 aliphatic heterocycles. The summed E-state index contributed by atoms with van der Waals surface area (Å²) in [5.41, 5.74) is 3.03. The van der Waals surface area contributed by atoms with Crippen molar-refractivity contribution in [1.29, 1.82) is 0 Å². The summed E-state index contributed by atoms with van der Waals surface area (Å²) in [6.45, 7) is 35.7. The lowest BCUT2D eigenvalue weighted by Crippen LogP contribution is -2.49. The summed E-state index contributed by atoms with van der Waals surface area (Å²) in [4.78, 5) is 11.9. The third kappa shape index (κ3) is 9.26. The molecule has 0 amide bonds. The molecule has 4 nitrogen and oxygen atoms in total. The first kappa shape index (κ1) is 38.7. The fraction of sp³-hybridized carbons (Fsp3) is 0.872. The number of esters is 1. The molecule has 0 radical (unpaired) electrons. The number of carbonyl (C=O) groups is 1. The van der Waals surface area contributed by atoms with Crippen molar-refractivity contribution < 1.29 is 18.4 Å². The summed E-state index contributed by atoms with van der Waals surface area (Å²) in [6, 6.07) is 0. The van der Waals surface area contributed by atoms with Crippen LogP contribution in [0, 0.1) is 29.1 Å². The second-order valence-electron chi connectivity index (χ2n) is 18.4. The van der Waals surface area contributed by atoms with Gasteiger partial charge in [0.2, 0.25) is 0 Å². The topological polar surface area (TPSA) is 44.8 Å². The second-order valence-corrected chi connectivity index (χ2v) is 27.9. The Morgan fingerprint density at radius 3 is 2.24 bits per heavy atom. The first-order chi connectivity index (χ1) is 20.6. The zero-order valence-electron chi connectivity index (χ0n) is 31.9. The number of rotatable bonds is 12. The zero-order valence-corrected chi connectivity index (χ0v) is 33.9. The molecule has 3 aliphatic rings. The lowest BCUT2D eigenvalue weighted by atomic mass is 9.58. The van der Waals surface area contributed by atoms with Crippen molar-refractivity contribution in [2.24, 2.45) is 29.1 Å². The highest BCUT2D eigenvalue weighted by atomic mass is 28.4. The van der Waals surface area contributed by atoms with Crippen LogP contribution in [0.4, 0.5) is 0 Å². The highest BCUT2D eigenvalue weighted by Crippen LogP contribution is 2.60. The maximum atomic E-state index is 11.9. The Morgan fingerprint density at radius 1 is 1.02 bits per heavy atom. The molecule has 0 unspecified atom stereocenters. The normalized spacial score (nSPS) is 31.6. The first-order valence-corrected chi connectivity index (χ1v) is 24.3. The van der Waals surface area contributed by atoms with Gasteiger partial charge in [0.05, 0.1) is 18.8 Å². The molecule has 6 heteroatoms. The van der Waals surface area contributed by atoms with E-state index in [0.29, 0.717) is 24.4 Å². The Morgan fingerprint density at radius 2 is 1.64 bits per heavy atom.